The first kappa shape index (κ1) is 14.6. The molecule has 2 aromatic rings. The Bertz CT molecular complexity index is 658. The quantitative estimate of drug-likeness (QED) is 0.936. The van der Waals surface area contributed by atoms with Gasteiger partial charge in [-0.25, -0.2) is 4.98 Å². The highest BCUT2D eigenvalue weighted by Gasteiger charge is 2.14. The number of nitrogens with zero attached hydrogens (tertiary/aromatic N) is 3. The molecule has 0 bridgehead atoms. The standard InChI is InChI=1S/C14H15BrN4O/c1-4-12-10(6-9(3)18-19-12)14(20)17-13-5-8(2)11(15)7-16-13/h5-7H,4H2,1-3H3,(H,16,17,20). The molecular weight excluding hydrogens is 320 g/mol. The van der Waals surface area contributed by atoms with E-state index in [1.807, 2.05) is 26.8 Å². The molecule has 6 heteroatoms. The molecule has 0 saturated heterocycles. The molecule has 2 aromatic heterocycles. The van der Waals surface area contributed by atoms with Crippen molar-refractivity contribution in [3.63, 3.8) is 0 Å². The molecule has 0 aromatic carbocycles. The molecule has 0 aliphatic rings. The lowest BCUT2D eigenvalue weighted by Crippen LogP contribution is -2.17. The first-order valence-corrected chi connectivity index (χ1v) is 7.07. The van der Waals surface area contributed by atoms with Gasteiger partial charge in [0.15, 0.2) is 0 Å². The monoisotopic (exact) mass is 334 g/mol. The molecule has 0 saturated carbocycles. The van der Waals surface area contributed by atoms with E-state index in [2.05, 4.69) is 36.4 Å². The summed E-state index contributed by atoms with van der Waals surface area (Å²) in [6, 6.07) is 3.56. The third-order valence-electron chi connectivity index (χ3n) is 2.86. The second-order valence-electron chi connectivity index (χ2n) is 4.47. The van der Waals surface area contributed by atoms with Gasteiger partial charge in [0.1, 0.15) is 5.82 Å². The van der Waals surface area contributed by atoms with E-state index in [1.54, 1.807) is 12.3 Å². The highest BCUT2D eigenvalue weighted by atomic mass is 79.9. The number of aryl methyl sites for hydroxylation is 3. The van der Waals surface area contributed by atoms with Crippen LogP contribution in [-0.2, 0) is 6.42 Å². The largest absolute Gasteiger partial charge is 0.306 e. The summed E-state index contributed by atoms with van der Waals surface area (Å²) in [5, 5.41) is 10.8. The van der Waals surface area contributed by atoms with E-state index in [0.717, 1.165) is 10.0 Å². The topological polar surface area (TPSA) is 67.8 Å². The van der Waals surface area contributed by atoms with E-state index in [0.29, 0.717) is 29.2 Å². The molecule has 5 nitrogen and oxygen atoms in total. The van der Waals surface area contributed by atoms with E-state index in [4.69, 9.17) is 0 Å². The summed E-state index contributed by atoms with van der Waals surface area (Å²) in [5.41, 5.74) is 2.95. The van der Waals surface area contributed by atoms with Gasteiger partial charge in [-0.15, -0.1) is 0 Å². The van der Waals surface area contributed by atoms with Crippen molar-refractivity contribution in [2.45, 2.75) is 27.2 Å². The molecule has 1 amide bonds. The van der Waals surface area contributed by atoms with E-state index < -0.39 is 0 Å². The lowest BCUT2D eigenvalue weighted by atomic mass is 10.1. The number of hydrogen-bond acceptors (Lipinski definition) is 4. The SMILES string of the molecule is CCc1nnc(C)cc1C(=O)Nc1cc(C)c(Br)cn1. The molecule has 1 N–H and O–H groups in total. The van der Waals surface area contributed by atoms with Crippen LogP contribution in [0, 0.1) is 13.8 Å². The van der Waals surface area contributed by atoms with Crippen LogP contribution in [0.2, 0.25) is 0 Å². The Labute approximate surface area is 126 Å². The van der Waals surface area contributed by atoms with Crippen LogP contribution in [0.5, 0.6) is 0 Å². The van der Waals surface area contributed by atoms with Crippen LogP contribution in [-0.4, -0.2) is 21.1 Å². The minimum Gasteiger partial charge on any atom is -0.306 e. The minimum absolute atomic E-state index is 0.214. The fourth-order valence-electron chi connectivity index (χ4n) is 1.76. The molecule has 2 rings (SSSR count). The van der Waals surface area contributed by atoms with E-state index in [9.17, 15) is 4.79 Å². The highest BCUT2D eigenvalue weighted by Crippen LogP contribution is 2.18. The first-order valence-electron chi connectivity index (χ1n) is 6.28. The van der Waals surface area contributed by atoms with Gasteiger partial charge in [0.05, 0.1) is 17.0 Å². The van der Waals surface area contributed by atoms with Crippen molar-refractivity contribution in [3.05, 3.63) is 45.3 Å². The van der Waals surface area contributed by atoms with Crippen molar-refractivity contribution < 1.29 is 4.79 Å². The van der Waals surface area contributed by atoms with Gasteiger partial charge < -0.3 is 5.32 Å². The van der Waals surface area contributed by atoms with Crippen LogP contribution in [0.4, 0.5) is 5.82 Å². The maximum Gasteiger partial charge on any atom is 0.258 e. The Balaban J connectivity index is 2.27. The van der Waals surface area contributed by atoms with Crippen LogP contribution in [0.15, 0.2) is 22.8 Å². The molecular formula is C14H15BrN4O. The summed E-state index contributed by atoms with van der Waals surface area (Å²) in [6.45, 7) is 5.69. The maximum atomic E-state index is 12.3. The minimum atomic E-state index is -0.214. The van der Waals surface area contributed by atoms with Crippen molar-refractivity contribution in [2.24, 2.45) is 0 Å². The zero-order valence-corrected chi connectivity index (χ0v) is 13.2. The van der Waals surface area contributed by atoms with Gasteiger partial charge in [0.2, 0.25) is 0 Å². The fraction of sp³-hybridized carbons (Fsp3) is 0.286. The van der Waals surface area contributed by atoms with Crippen LogP contribution in [0.3, 0.4) is 0 Å². The smallest absolute Gasteiger partial charge is 0.258 e. The zero-order valence-electron chi connectivity index (χ0n) is 11.6. The number of carbonyl (C=O) groups is 1. The summed E-state index contributed by atoms with van der Waals surface area (Å²) >= 11 is 3.38. The van der Waals surface area contributed by atoms with Crippen molar-refractivity contribution in [2.75, 3.05) is 5.32 Å². The number of aromatic nitrogens is 3. The van der Waals surface area contributed by atoms with Crippen molar-refractivity contribution in [1.82, 2.24) is 15.2 Å². The van der Waals surface area contributed by atoms with Crippen molar-refractivity contribution in [3.8, 4) is 0 Å². The molecule has 2 heterocycles. The Morgan fingerprint density at radius 1 is 1.30 bits per heavy atom. The number of amides is 1. The fourth-order valence-corrected chi connectivity index (χ4v) is 1.98. The van der Waals surface area contributed by atoms with Crippen molar-refractivity contribution in [1.29, 1.82) is 0 Å². The van der Waals surface area contributed by atoms with Gasteiger partial charge in [-0.2, -0.15) is 10.2 Å². The molecule has 0 unspecified atom stereocenters. The number of carbonyl (C=O) groups excluding carboxylic acids is 1. The number of pyridine rings is 1. The molecule has 0 spiro atoms. The van der Waals surface area contributed by atoms with Crippen molar-refractivity contribution >= 4 is 27.7 Å². The molecule has 0 atom stereocenters. The second kappa shape index (κ2) is 6.09. The molecule has 0 aliphatic carbocycles. The number of rotatable bonds is 3. The predicted molar refractivity (Wildman–Crippen MR) is 80.8 cm³/mol. The average molecular weight is 335 g/mol. The Morgan fingerprint density at radius 3 is 2.70 bits per heavy atom. The summed E-state index contributed by atoms with van der Waals surface area (Å²) in [5.74, 6) is 0.307. The van der Waals surface area contributed by atoms with Gasteiger partial charge in [0, 0.05) is 10.7 Å². The Hall–Kier alpha value is -1.82. The average Bonchev–Trinajstić information content (AvgIpc) is 2.43. The van der Waals surface area contributed by atoms with Gasteiger partial charge in [-0.1, -0.05) is 6.92 Å². The summed E-state index contributed by atoms with van der Waals surface area (Å²) in [4.78, 5) is 16.5. The number of anilines is 1. The number of halogens is 1. The normalized spacial score (nSPS) is 10.4. The Kier molecular flexibility index (Phi) is 4.44. The van der Waals surface area contributed by atoms with Crippen LogP contribution >= 0.6 is 15.9 Å². The third-order valence-corrected chi connectivity index (χ3v) is 3.69. The molecule has 104 valence electrons. The maximum absolute atomic E-state index is 12.3. The van der Waals surface area contributed by atoms with Crippen LogP contribution in [0.25, 0.3) is 0 Å². The predicted octanol–water partition coefficient (Wildman–Crippen LogP) is 3.07. The third kappa shape index (κ3) is 3.19. The van der Waals surface area contributed by atoms with Gasteiger partial charge in [-0.3, -0.25) is 4.79 Å². The summed E-state index contributed by atoms with van der Waals surface area (Å²) in [7, 11) is 0. The zero-order chi connectivity index (χ0) is 14.7. The molecule has 0 radical (unpaired) electrons. The Morgan fingerprint density at radius 2 is 2.05 bits per heavy atom. The van der Waals surface area contributed by atoms with Gasteiger partial charge in [-0.05, 0) is 53.9 Å². The van der Waals surface area contributed by atoms with Gasteiger partial charge in [0.25, 0.3) is 5.91 Å². The lowest BCUT2D eigenvalue weighted by Gasteiger charge is -2.09. The summed E-state index contributed by atoms with van der Waals surface area (Å²) in [6.07, 6.45) is 2.32. The summed E-state index contributed by atoms with van der Waals surface area (Å²) < 4.78 is 0.908. The van der Waals surface area contributed by atoms with E-state index in [-0.39, 0.29) is 5.91 Å². The second-order valence-corrected chi connectivity index (χ2v) is 5.33. The first-order chi connectivity index (χ1) is 9.51. The van der Waals surface area contributed by atoms with Crippen LogP contribution in [0.1, 0.15) is 34.2 Å². The van der Waals surface area contributed by atoms with Gasteiger partial charge >= 0.3 is 0 Å². The number of nitrogens with one attached hydrogen (secondary N) is 1. The van der Waals surface area contributed by atoms with E-state index >= 15 is 0 Å². The molecule has 0 fully saturated rings. The van der Waals surface area contributed by atoms with Crippen LogP contribution < -0.4 is 5.32 Å². The molecule has 20 heavy (non-hydrogen) atoms. The molecule has 0 aliphatic heterocycles. The van der Waals surface area contributed by atoms with E-state index in [1.165, 1.54) is 0 Å². The number of hydrogen-bond donors (Lipinski definition) is 1. The lowest BCUT2D eigenvalue weighted by molar-refractivity contribution is 0.102. The highest BCUT2D eigenvalue weighted by molar-refractivity contribution is 9.10.